The van der Waals surface area contributed by atoms with Crippen LogP contribution in [0, 0.1) is 17.2 Å². The second-order valence-electron chi connectivity index (χ2n) is 5.19. The van der Waals surface area contributed by atoms with Crippen LogP contribution in [0.4, 0.5) is 17.5 Å². The fraction of sp³-hybridized carbons (Fsp3) is 0.312. The van der Waals surface area contributed by atoms with Crippen molar-refractivity contribution in [3.05, 3.63) is 42.1 Å². The van der Waals surface area contributed by atoms with Crippen molar-refractivity contribution in [1.82, 2.24) is 9.97 Å². The van der Waals surface area contributed by atoms with Crippen LogP contribution in [0.15, 0.2) is 36.5 Å². The van der Waals surface area contributed by atoms with Gasteiger partial charge in [-0.15, -0.1) is 0 Å². The minimum atomic E-state index is 0.514. The molecule has 0 atom stereocenters. The number of aromatic nitrogens is 2. The third-order valence-corrected chi connectivity index (χ3v) is 2.93. The molecule has 2 N–H and O–H groups in total. The van der Waals surface area contributed by atoms with Crippen molar-refractivity contribution in [2.45, 2.75) is 20.3 Å². The zero-order valence-electron chi connectivity index (χ0n) is 12.3. The molecule has 0 fully saturated rings. The summed E-state index contributed by atoms with van der Waals surface area (Å²) in [7, 11) is 0. The molecule has 0 radical (unpaired) electrons. The van der Waals surface area contributed by atoms with E-state index in [9.17, 15) is 0 Å². The number of nitrogens with one attached hydrogen (secondary N) is 2. The van der Waals surface area contributed by atoms with Gasteiger partial charge >= 0.3 is 0 Å². The number of hydrogen-bond donors (Lipinski definition) is 2. The molecule has 0 unspecified atom stereocenters. The predicted molar refractivity (Wildman–Crippen MR) is 84.4 cm³/mol. The summed E-state index contributed by atoms with van der Waals surface area (Å²) in [5, 5.41) is 15.3. The third-order valence-electron chi connectivity index (χ3n) is 2.93. The van der Waals surface area contributed by atoms with E-state index in [0.29, 0.717) is 17.4 Å². The lowest BCUT2D eigenvalue weighted by Gasteiger charge is -2.09. The van der Waals surface area contributed by atoms with Gasteiger partial charge in [0.05, 0.1) is 11.6 Å². The standard InChI is InChI=1S/C16H19N5/c1-12(2)6-8-18-15-7-9-19-16(21-15)20-14-5-3-4-13(10-14)11-17/h3-5,7,9-10,12H,6,8H2,1-2H3,(H2,18,19,20,21). The molecule has 0 aliphatic rings. The Hall–Kier alpha value is -2.61. The highest BCUT2D eigenvalue weighted by molar-refractivity contribution is 5.57. The average molecular weight is 281 g/mol. The normalized spacial score (nSPS) is 10.2. The summed E-state index contributed by atoms with van der Waals surface area (Å²) in [5.41, 5.74) is 1.40. The number of hydrogen-bond acceptors (Lipinski definition) is 5. The first-order valence-electron chi connectivity index (χ1n) is 7.01. The van der Waals surface area contributed by atoms with Gasteiger partial charge < -0.3 is 10.6 Å². The maximum absolute atomic E-state index is 8.90. The van der Waals surface area contributed by atoms with Gasteiger partial charge in [0.25, 0.3) is 0 Å². The molecule has 21 heavy (non-hydrogen) atoms. The van der Waals surface area contributed by atoms with E-state index < -0.39 is 0 Å². The van der Waals surface area contributed by atoms with Crippen LogP contribution >= 0.6 is 0 Å². The summed E-state index contributed by atoms with van der Waals surface area (Å²) in [5.74, 6) is 1.97. The second-order valence-corrected chi connectivity index (χ2v) is 5.19. The van der Waals surface area contributed by atoms with Crippen molar-refractivity contribution in [1.29, 1.82) is 5.26 Å². The lowest BCUT2D eigenvalue weighted by atomic mass is 10.1. The van der Waals surface area contributed by atoms with Crippen LogP contribution in [-0.4, -0.2) is 16.5 Å². The highest BCUT2D eigenvalue weighted by Gasteiger charge is 2.01. The second kappa shape index (κ2) is 7.25. The van der Waals surface area contributed by atoms with Gasteiger partial charge in [-0.1, -0.05) is 19.9 Å². The van der Waals surface area contributed by atoms with E-state index in [1.54, 1.807) is 18.3 Å². The molecule has 0 saturated carbocycles. The van der Waals surface area contributed by atoms with Crippen LogP contribution in [0.3, 0.4) is 0 Å². The van der Waals surface area contributed by atoms with Crippen molar-refractivity contribution in [2.75, 3.05) is 17.2 Å². The Morgan fingerprint density at radius 3 is 2.90 bits per heavy atom. The van der Waals surface area contributed by atoms with Crippen LogP contribution in [0.2, 0.25) is 0 Å². The highest BCUT2D eigenvalue weighted by Crippen LogP contribution is 2.15. The Labute approximate surface area is 125 Å². The predicted octanol–water partition coefficient (Wildman–Crippen LogP) is 3.55. The lowest BCUT2D eigenvalue weighted by Crippen LogP contribution is -2.07. The van der Waals surface area contributed by atoms with E-state index in [2.05, 4.69) is 40.5 Å². The molecule has 2 aromatic rings. The molecule has 0 spiro atoms. The molecule has 0 amide bonds. The van der Waals surface area contributed by atoms with E-state index in [1.807, 2.05) is 18.2 Å². The Morgan fingerprint density at radius 1 is 1.29 bits per heavy atom. The number of nitriles is 1. The Balaban J connectivity index is 2.02. The molecule has 0 saturated heterocycles. The highest BCUT2D eigenvalue weighted by atomic mass is 15.1. The Kier molecular flexibility index (Phi) is 5.10. The molecule has 1 heterocycles. The Morgan fingerprint density at radius 2 is 2.14 bits per heavy atom. The smallest absolute Gasteiger partial charge is 0.229 e. The number of rotatable bonds is 6. The molecule has 0 aliphatic heterocycles. The molecule has 5 heteroatoms. The molecule has 0 bridgehead atoms. The number of anilines is 3. The molecule has 108 valence electrons. The van der Waals surface area contributed by atoms with Gasteiger partial charge in [0.15, 0.2) is 0 Å². The average Bonchev–Trinajstić information content (AvgIpc) is 2.47. The van der Waals surface area contributed by atoms with Gasteiger partial charge in [0.2, 0.25) is 5.95 Å². The first-order valence-corrected chi connectivity index (χ1v) is 7.01. The molecular weight excluding hydrogens is 262 g/mol. The number of benzene rings is 1. The summed E-state index contributed by atoms with van der Waals surface area (Å²) in [6.45, 7) is 5.27. The van der Waals surface area contributed by atoms with Crippen molar-refractivity contribution < 1.29 is 0 Å². The number of nitrogens with zero attached hydrogens (tertiary/aromatic N) is 3. The van der Waals surface area contributed by atoms with Gasteiger partial charge in [-0.25, -0.2) is 4.98 Å². The van der Waals surface area contributed by atoms with E-state index >= 15 is 0 Å². The fourth-order valence-corrected chi connectivity index (χ4v) is 1.80. The topological polar surface area (TPSA) is 73.6 Å². The zero-order valence-corrected chi connectivity index (χ0v) is 12.3. The monoisotopic (exact) mass is 281 g/mol. The minimum absolute atomic E-state index is 0.514. The van der Waals surface area contributed by atoms with Crippen LogP contribution < -0.4 is 10.6 Å². The van der Waals surface area contributed by atoms with Crippen LogP contribution in [0.1, 0.15) is 25.8 Å². The minimum Gasteiger partial charge on any atom is -0.370 e. The zero-order chi connectivity index (χ0) is 15.1. The Bertz CT molecular complexity index is 631. The quantitative estimate of drug-likeness (QED) is 0.847. The van der Waals surface area contributed by atoms with Gasteiger partial charge in [-0.3, -0.25) is 0 Å². The van der Waals surface area contributed by atoms with Gasteiger partial charge in [-0.2, -0.15) is 10.2 Å². The first kappa shape index (κ1) is 14.8. The molecule has 0 aliphatic carbocycles. The van der Waals surface area contributed by atoms with Crippen molar-refractivity contribution in [3.63, 3.8) is 0 Å². The maximum Gasteiger partial charge on any atom is 0.229 e. The summed E-state index contributed by atoms with van der Waals surface area (Å²) in [6, 6.07) is 11.2. The molecule has 5 nitrogen and oxygen atoms in total. The van der Waals surface area contributed by atoms with Gasteiger partial charge in [0.1, 0.15) is 5.82 Å². The molecule has 1 aromatic carbocycles. The summed E-state index contributed by atoms with van der Waals surface area (Å²) in [6.07, 6.45) is 2.80. The molecule has 1 aromatic heterocycles. The van der Waals surface area contributed by atoms with E-state index in [0.717, 1.165) is 24.5 Å². The molecule has 2 rings (SSSR count). The SMILES string of the molecule is CC(C)CCNc1ccnc(Nc2cccc(C#N)c2)n1. The van der Waals surface area contributed by atoms with Crippen molar-refractivity contribution in [2.24, 2.45) is 5.92 Å². The molecular formula is C16H19N5. The lowest BCUT2D eigenvalue weighted by molar-refractivity contribution is 0.606. The maximum atomic E-state index is 8.90. The van der Waals surface area contributed by atoms with Crippen molar-refractivity contribution in [3.8, 4) is 6.07 Å². The van der Waals surface area contributed by atoms with Crippen LogP contribution in [0.5, 0.6) is 0 Å². The largest absolute Gasteiger partial charge is 0.370 e. The summed E-state index contributed by atoms with van der Waals surface area (Å²) in [4.78, 5) is 8.59. The fourth-order valence-electron chi connectivity index (χ4n) is 1.80. The van der Waals surface area contributed by atoms with Gasteiger partial charge in [-0.05, 0) is 36.6 Å². The third kappa shape index (κ3) is 4.77. The van der Waals surface area contributed by atoms with E-state index in [4.69, 9.17) is 5.26 Å². The summed E-state index contributed by atoms with van der Waals surface area (Å²) < 4.78 is 0. The van der Waals surface area contributed by atoms with E-state index in [-0.39, 0.29) is 0 Å². The van der Waals surface area contributed by atoms with Crippen LogP contribution in [-0.2, 0) is 0 Å². The summed E-state index contributed by atoms with van der Waals surface area (Å²) >= 11 is 0. The van der Waals surface area contributed by atoms with Gasteiger partial charge in [0, 0.05) is 18.4 Å². The van der Waals surface area contributed by atoms with E-state index in [1.165, 1.54) is 0 Å². The first-order chi connectivity index (χ1) is 10.2. The van der Waals surface area contributed by atoms with Crippen molar-refractivity contribution >= 4 is 17.5 Å². The van der Waals surface area contributed by atoms with Crippen LogP contribution in [0.25, 0.3) is 0 Å².